The molecule has 0 spiro atoms. The molecule has 0 aliphatic carbocycles. The van der Waals surface area contributed by atoms with Gasteiger partial charge in [-0.05, 0) is 30.4 Å². The topological polar surface area (TPSA) is 26.2 Å². The molecule has 0 radical (unpaired) electrons. The highest BCUT2D eigenvalue weighted by atomic mass is 16.5. The number of aromatic nitrogens is 1. The van der Waals surface area contributed by atoms with Crippen LogP contribution in [0.5, 0.6) is 0 Å². The van der Waals surface area contributed by atoms with Crippen LogP contribution in [0.3, 0.4) is 0 Å². The van der Waals surface area contributed by atoms with Gasteiger partial charge in [0.2, 0.25) is 0 Å². The Morgan fingerprint density at radius 3 is 2.95 bits per heavy atom. The molecule has 1 aromatic heterocycles. The smallest absolute Gasteiger partial charge is 0.0485 e. The third kappa shape index (κ3) is 2.05. The van der Waals surface area contributed by atoms with E-state index in [0.29, 0.717) is 0 Å². The summed E-state index contributed by atoms with van der Waals surface area (Å²) in [5.41, 5.74) is 4.52. The summed E-state index contributed by atoms with van der Waals surface area (Å²) in [6.45, 7) is 5.17. The molecule has 20 heavy (non-hydrogen) atoms. The van der Waals surface area contributed by atoms with E-state index in [2.05, 4.69) is 34.1 Å². The van der Waals surface area contributed by atoms with Crippen LogP contribution < -0.4 is 5.32 Å². The molecule has 106 valence electrons. The average Bonchev–Trinajstić information content (AvgIpc) is 2.84. The van der Waals surface area contributed by atoms with Crippen molar-refractivity contribution >= 4 is 10.9 Å². The molecule has 3 heteroatoms. The predicted octanol–water partition coefficient (Wildman–Crippen LogP) is 2.71. The summed E-state index contributed by atoms with van der Waals surface area (Å²) in [5.74, 6) is 0.776. The molecule has 0 atom stereocenters. The maximum absolute atomic E-state index is 5.50. The minimum Gasteiger partial charge on any atom is -0.381 e. The van der Waals surface area contributed by atoms with Crippen LogP contribution in [0.1, 0.15) is 24.1 Å². The molecular weight excluding hydrogens is 248 g/mol. The van der Waals surface area contributed by atoms with E-state index in [1.165, 1.54) is 35.9 Å². The van der Waals surface area contributed by atoms with Gasteiger partial charge in [-0.1, -0.05) is 18.2 Å². The minimum absolute atomic E-state index is 0.776. The molecule has 2 aliphatic rings. The second-order valence-electron chi connectivity index (χ2n) is 6.04. The standard InChI is InChI=1S/C17H22N2O/c1-2-4-16-14(3-1)15-11-18-8-5-17(15)19(16)12-13-6-9-20-10-7-13/h1-4,13,18H,5-12H2. The SMILES string of the molecule is c1ccc2c(c1)c1c(n2CC2CCOCC2)CCNC1. The van der Waals surface area contributed by atoms with Gasteiger partial charge in [0.15, 0.2) is 0 Å². The number of benzene rings is 1. The van der Waals surface area contributed by atoms with Gasteiger partial charge < -0.3 is 14.6 Å². The second-order valence-corrected chi connectivity index (χ2v) is 6.04. The van der Waals surface area contributed by atoms with E-state index in [4.69, 9.17) is 4.74 Å². The van der Waals surface area contributed by atoms with Crippen LogP contribution in [0.15, 0.2) is 24.3 Å². The maximum Gasteiger partial charge on any atom is 0.0485 e. The number of hydrogen-bond donors (Lipinski definition) is 1. The van der Waals surface area contributed by atoms with Gasteiger partial charge in [-0.25, -0.2) is 0 Å². The van der Waals surface area contributed by atoms with E-state index in [-0.39, 0.29) is 0 Å². The Labute approximate surface area is 119 Å². The monoisotopic (exact) mass is 270 g/mol. The summed E-state index contributed by atoms with van der Waals surface area (Å²) >= 11 is 0. The van der Waals surface area contributed by atoms with Crippen LogP contribution in [0.25, 0.3) is 10.9 Å². The Morgan fingerprint density at radius 1 is 1.20 bits per heavy atom. The van der Waals surface area contributed by atoms with Crippen molar-refractivity contribution in [2.45, 2.75) is 32.4 Å². The van der Waals surface area contributed by atoms with Crippen molar-refractivity contribution in [1.29, 1.82) is 0 Å². The van der Waals surface area contributed by atoms with Crippen molar-refractivity contribution in [3.05, 3.63) is 35.5 Å². The molecule has 3 heterocycles. The molecular formula is C17H22N2O. The summed E-state index contributed by atoms with van der Waals surface area (Å²) in [6, 6.07) is 8.90. The molecule has 0 saturated carbocycles. The largest absolute Gasteiger partial charge is 0.381 e. The van der Waals surface area contributed by atoms with Gasteiger partial charge in [0.1, 0.15) is 0 Å². The van der Waals surface area contributed by atoms with Crippen molar-refractivity contribution in [3.63, 3.8) is 0 Å². The van der Waals surface area contributed by atoms with Crippen molar-refractivity contribution in [3.8, 4) is 0 Å². The summed E-state index contributed by atoms with van der Waals surface area (Å²) in [4.78, 5) is 0. The molecule has 0 amide bonds. The molecule has 4 rings (SSSR count). The number of para-hydroxylation sites is 1. The molecule has 1 saturated heterocycles. The van der Waals surface area contributed by atoms with E-state index in [1.54, 1.807) is 5.69 Å². The molecule has 2 aromatic rings. The van der Waals surface area contributed by atoms with Crippen molar-refractivity contribution < 1.29 is 4.74 Å². The fourth-order valence-electron chi connectivity index (χ4n) is 3.73. The summed E-state index contributed by atoms with van der Waals surface area (Å²) in [7, 11) is 0. The molecule has 1 aromatic carbocycles. The van der Waals surface area contributed by atoms with Crippen molar-refractivity contribution in [2.24, 2.45) is 5.92 Å². The van der Waals surface area contributed by atoms with E-state index in [1.807, 2.05) is 0 Å². The van der Waals surface area contributed by atoms with E-state index in [9.17, 15) is 0 Å². The number of nitrogens with zero attached hydrogens (tertiary/aromatic N) is 1. The van der Waals surface area contributed by atoms with Crippen LogP contribution in [0, 0.1) is 5.92 Å². The van der Waals surface area contributed by atoms with E-state index < -0.39 is 0 Å². The van der Waals surface area contributed by atoms with Gasteiger partial charge >= 0.3 is 0 Å². The first-order valence-corrected chi connectivity index (χ1v) is 7.81. The minimum atomic E-state index is 0.776. The van der Waals surface area contributed by atoms with Crippen LogP contribution in [0.4, 0.5) is 0 Å². The summed E-state index contributed by atoms with van der Waals surface area (Å²) in [5, 5.41) is 4.96. The molecule has 0 unspecified atom stereocenters. The van der Waals surface area contributed by atoms with E-state index >= 15 is 0 Å². The first-order valence-electron chi connectivity index (χ1n) is 7.81. The molecule has 2 aliphatic heterocycles. The van der Waals surface area contributed by atoms with Crippen LogP contribution >= 0.6 is 0 Å². The van der Waals surface area contributed by atoms with Gasteiger partial charge in [-0.2, -0.15) is 0 Å². The molecule has 1 fully saturated rings. The van der Waals surface area contributed by atoms with Crippen LogP contribution in [0.2, 0.25) is 0 Å². The predicted molar refractivity (Wildman–Crippen MR) is 80.9 cm³/mol. The van der Waals surface area contributed by atoms with Gasteiger partial charge in [0, 0.05) is 55.9 Å². The Kier molecular flexibility index (Phi) is 3.25. The summed E-state index contributed by atoms with van der Waals surface area (Å²) in [6.07, 6.45) is 3.58. The highest BCUT2D eigenvalue weighted by Gasteiger charge is 2.22. The number of nitrogens with one attached hydrogen (secondary N) is 1. The van der Waals surface area contributed by atoms with Crippen LogP contribution in [-0.2, 0) is 24.2 Å². The third-order valence-corrected chi connectivity index (χ3v) is 4.82. The highest BCUT2D eigenvalue weighted by molar-refractivity contribution is 5.85. The normalized spacial score (nSPS) is 20.2. The Balaban J connectivity index is 1.76. The number of ether oxygens (including phenoxy) is 1. The fraction of sp³-hybridized carbons (Fsp3) is 0.529. The first-order chi connectivity index (χ1) is 9.93. The maximum atomic E-state index is 5.50. The Bertz CT molecular complexity index is 611. The summed E-state index contributed by atoms with van der Waals surface area (Å²) < 4.78 is 8.10. The van der Waals surface area contributed by atoms with Crippen molar-refractivity contribution in [1.82, 2.24) is 9.88 Å². The van der Waals surface area contributed by atoms with Crippen LogP contribution in [-0.4, -0.2) is 24.3 Å². The molecule has 0 bridgehead atoms. The van der Waals surface area contributed by atoms with Gasteiger partial charge in [0.25, 0.3) is 0 Å². The molecule has 1 N–H and O–H groups in total. The lowest BCUT2D eigenvalue weighted by molar-refractivity contribution is 0.0614. The number of hydrogen-bond acceptors (Lipinski definition) is 2. The Morgan fingerprint density at radius 2 is 2.05 bits per heavy atom. The fourth-order valence-corrected chi connectivity index (χ4v) is 3.73. The zero-order valence-electron chi connectivity index (χ0n) is 11.9. The lowest BCUT2D eigenvalue weighted by Gasteiger charge is -2.25. The Hall–Kier alpha value is -1.32. The number of rotatable bonds is 2. The van der Waals surface area contributed by atoms with Gasteiger partial charge in [0.05, 0.1) is 0 Å². The zero-order valence-corrected chi connectivity index (χ0v) is 11.9. The first kappa shape index (κ1) is 12.4. The highest BCUT2D eigenvalue weighted by Crippen LogP contribution is 2.30. The van der Waals surface area contributed by atoms with Gasteiger partial charge in [-0.3, -0.25) is 0 Å². The quantitative estimate of drug-likeness (QED) is 0.908. The van der Waals surface area contributed by atoms with Crippen molar-refractivity contribution in [2.75, 3.05) is 19.8 Å². The number of fused-ring (bicyclic) bond motifs is 3. The molecule has 3 nitrogen and oxygen atoms in total. The van der Waals surface area contributed by atoms with Gasteiger partial charge in [-0.15, -0.1) is 0 Å². The lowest BCUT2D eigenvalue weighted by atomic mass is 10.00. The average molecular weight is 270 g/mol. The van der Waals surface area contributed by atoms with E-state index in [0.717, 1.165) is 38.6 Å². The third-order valence-electron chi connectivity index (χ3n) is 4.82. The zero-order chi connectivity index (χ0) is 13.4. The second kappa shape index (κ2) is 5.23. The lowest BCUT2D eigenvalue weighted by Crippen LogP contribution is -2.26.